The van der Waals surface area contributed by atoms with Crippen LogP contribution in [0.2, 0.25) is 5.02 Å². The fourth-order valence-corrected chi connectivity index (χ4v) is 1.85. The highest BCUT2D eigenvalue weighted by atomic mass is 35.5. The highest BCUT2D eigenvalue weighted by Crippen LogP contribution is 2.16. The maximum atomic E-state index is 12.1. The van der Waals surface area contributed by atoms with Gasteiger partial charge in [0.1, 0.15) is 12.1 Å². The van der Waals surface area contributed by atoms with Gasteiger partial charge in [0.05, 0.1) is 5.69 Å². The van der Waals surface area contributed by atoms with Crippen LogP contribution in [0.5, 0.6) is 0 Å². The number of nitrogens with zero attached hydrogens (tertiary/aromatic N) is 3. The molecule has 0 bridgehead atoms. The van der Waals surface area contributed by atoms with Gasteiger partial charge in [0, 0.05) is 16.3 Å². The zero-order chi connectivity index (χ0) is 16.7. The Morgan fingerprint density at radius 1 is 1.04 bits per heavy atom. The van der Waals surface area contributed by atoms with Gasteiger partial charge in [0.25, 0.3) is 5.91 Å². The van der Waals surface area contributed by atoms with Gasteiger partial charge in [-0.15, -0.1) is 0 Å². The highest BCUT2D eigenvalue weighted by Gasteiger charge is 2.06. The maximum absolute atomic E-state index is 12.1. The quantitative estimate of drug-likeness (QED) is 0.665. The van der Waals surface area contributed by atoms with Gasteiger partial charge in [0.15, 0.2) is 0 Å². The Bertz CT molecular complexity index is 815. The van der Waals surface area contributed by atoms with Gasteiger partial charge in [0.2, 0.25) is 5.71 Å². The van der Waals surface area contributed by atoms with Crippen molar-refractivity contribution in [1.82, 2.24) is 0 Å². The minimum atomic E-state index is -0.284. The maximum Gasteiger partial charge on any atom is 0.255 e. The summed E-state index contributed by atoms with van der Waals surface area (Å²) in [7, 11) is 0. The number of anilines is 2. The first-order chi connectivity index (χ1) is 11.1. The number of hydrogen-bond donors (Lipinski definition) is 2. The molecule has 0 unspecified atom stereocenters. The molecule has 0 saturated heterocycles. The zero-order valence-electron chi connectivity index (χ0n) is 11.7. The van der Waals surface area contributed by atoms with Crippen LogP contribution in [0.15, 0.2) is 53.6 Å². The summed E-state index contributed by atoms with van der Waals surface area (Å²) >= 11 is 5.86. The Balaban J connectivity index is 2.05. The Labute approximate surface area is 137 Å². The summed E-state index contributed by atoms with van der Waals surface area (Å²) in [6, 6.07) is 16.5. The fraction of sp³-hybridized carbons (Fsp3) is 0. The summed E-state index contributed by atoms with van der Waals surface area (Å²) < 4.78 is 0. The molecule has 2 aromatic carbocycles. The molecular formula is C16H10ClN5O. The molecule has 0 fully saturated rings. The Hall–Kier alpha value is -3.35. The average Bonchev–Trinajstić information content (AvgIpc) is 2.56. The monoisotopic (exact) mass is 323 g/mol. The molecule has 6 nitrogen and oxygen atoms in total. The van der Waals surface area contributed by atoms with Gasteiger partial charge in [-0.1, -0.05) is 17.7 Å². The highest BCUT2D eigenvalue weighted by molar-refractivity contribution is 6.31. The number of nitrogens with one attached hydrogen (secondary N) is 2. The van der Waals surface area contributed by atoms with Crippen molar-refractivity contribution in [3.63, 3.8) is 0 Å². The number of carbonyl (C=O) groups is 1. The number of rotatable bonds is 4. The topological polar surface area (TPSA) is 101 Å². The van der Waals surface area contributed by atoms with Crippen LogP contribution in [-0.4, -0.2) is 11.6 Å². The summed E-state index contributed by atoms with van der Waals surface area (Å²) in [5.74, 6) is -0.281. The van der Waals surface area contributed by atoms with E-state index >= 15 is 0 Å². The second-order valence-corrected chi connectivity index (χ2v) is 4.77. The molecule has 0 heterocycles. The smallest absolute Gasteiger partial charge is 0.255 e. The van der Waals surface area contributed by atoms with Crippen molar-refractivity contribution in [2.75, 3.05) is 10.7 Å². The van der Waals surface area contributed by atoms with E-state index in [0.29, 0.717) is 22.0 Å². The van der Waals surface area contributed by atoms with Crippen molar-refractivity contribution in [3.05, 3.63) is 59.1 Å². The molecule has 0 aliphatic rings. The number of nitriles is 2. The third-order valence-corrected chi connectivity index (χ3v) is 2.97. The molecule has 0 aliphatic carbocycles. The molecule has 0 atom stereocenters. The number of hydrazone groups is 1. The van der Waals surface area contributed by atoms with Crippen molar-refractivity contribution in [1.29, 1.82) is 10.5 Å². The first-order valence-corrected chi connectivity index (χ1v) is 6.81. The minimum Gasteiger partial charge on any atom is -0.322 e. The molecule has 7 heteroatoms. The summed E-state index contributed by atoms with van der Waals surface area (Å²) in [6.07, 6.45) is 0. The number of amides is 1. The summed E-state index contributed by atoms with van der Waals surface area (Å²) in [4.78, 5) is 12.1. The van der Waals surface area contributed by atoms with E-state index in [-0.39, 0.29) is 11.6 Å². The fourth-order valence-electron chi connectivity index (χ4n) is 1.66. The van der Waals surface area contributed by atoms with E-state index in [4.69, 9.17) is 22.1 Å². The molecule has 0 saturated carbocycles. The summed E-state index contributed by atoms with van der Waals surface area (Å²) in [5, 5.41) is 24.0. The lowest BCUT2D eigenvalue weighted by atomic mass is 10.2. The molecule has 0 aromatic heterocycles. The number of benzene rings is 2. The van der Waals surface area contributed by atoms with E-state index in [1.54, 1.807) is 60.7 Å². The van der Waals surface area contributed by atoms with E-state index in [9.17, 15) is 4.79 Å². The molecule has 0 aliphatic heterocycles. The summed E-state index contributed by atoms with van der Waals surface area (Å²) in [6.45, 7) is 0. The molecule has 2 rings (SSSR count). The van der Waals surface area contributed by atoms with E-state index in [0.717, 1.165) is 0 Å². The van der Waals surface area contributed by atoms with E-state index in [1.807, 2.05) is 0 Å². The van der Waals surface area contributed by atoms with Crippen molar-refractivity contribution in [3.8, 4) is 12.1 Å². The predicted octanol–water partition coefficient (Wildman–Crippen LogP) is 3.41. The van der Waals surface area contributed by atoms with Gasteiger partial charge in [-0.25, -0.2) is 0 Å². The molecule has 2 N–H and O–H groups in total. The average molecular weight is 324 g/mol. The van der Waals surface area contributed by atoms with Crippen molar-refractivity contribution >= 4 is 34.6 Å². The van der Waals surface area contributed by atoms with E-state index < -0.39 is 0 Å². The third kappa shape index (κ3) is 4.57. The first-order valence-electron chi connectivity index (χ1n) is 6.43. The van der Waals surface area contributed by atoms with Crippen LogP contribution >= 0.6 is 11.6 Å². The Morgan fingerprint density at radius 3 is 2.35 bits per heavy atom. The van der Waals surface area contributed by atoms with Gasteiger partial charge in [-0.3, -0.25) is 10.2 Å². The SMILES string of the molecule is N#CC(C#N)=NNc1ccc(C(=O)Nc2cccc(Cl)c2)cc1. The predicted molar refractivity (Wildman–Crippen MR) is 88.1 cm³/mol. The van der Waals surface area contributed by atoms with Crippen LogP contribution in [0.1, 0.15) is 10.4 Å². The van der Waals surface area contributed by atoms with Gasteiger partial charge in [-0.05, 0) is 42.5 Å². The van der Waals surface area contributed by atoms with Gasteiger partial charge in [-0.2, -0.15) is 15.6 Å². The molecular weight excluding hydrogens is 314 g/mol. The molecule has 23 heavy (non-hydrogen) atoms. The number of halogens is 1. The van der Waals surface area contributed by atoms with Crippen molar-refractivity contribution < 1.29 is 4.79 Å². The zero-order valence-corrected chi connectivity index (χ0v) is 12.5. The summed E-state index contributed by atoms with van der Waals surface area (Å²) in [5.41, 5.74) is 3.87. The van der Waals surface area contributed by atoms with Gasteiger partial charge >= 0.3 is 0 Å². The number of hydrogen-bond acceptors (Lipinski definition) is 5. The second kappa shape index (κ2) is 7.60. The van der Waals surface area contributed by atoms with Crippen LogP contribution < -0.4 is 10.7 Å². The lowest BCUT2D eigenvalue weighted by Crippen LogP contribution is -2.11. The van der Waals surface area contributed by atoms with Crippen LogP contribution in [0.3, 0.4) is 0 Å². The lowest BCUT2D eigenvalue weighted by molar-refractivity contribution is 0.102. The molecule has 1 amide bonds. The van der Waals surface area contributed by atoms with Crippen LogP contribution in [0.25, 0.3) is 0 Å². The first kappa shape index (κ1) is 16.0. The normalized spacial score (nSPS) is 9.17. The Kier molecular flexibility index (Phi) is 5.30. The number of carbonyl (C=O) groups excluding carboxylic acids is 1. The van der Waals surface area contributed by atoms with Crippen LogP contribution in [-0.2, 0) is 0 Å². The third-order valence-electron chi connectivity index (χ3n) is 2.74. The molecule has 0 spiro atoms. The van der Waals surface area contributed by atoms with Crippen molar-refractivity contribution in [2.45, 2.75) is 0 Å². The van der Waals surface area contributed by atoms with E-state index in [2.05, 4.69) is 15.8 Å². The molecule has 112 valence electrons. The van der Waals surface area contributed by atoms with E-state index in [1.165, 1.54) is 0 Å². The van der Waals surface area contributed by atoms with Crippen molar-refractivity contribution in [2.24, 2.45) is 5.10 Å². The molecule has 0 radical (unpaired) electrons. The Morgan fingerprint density at radius 2 is 1.74 bits per heavy atom. The standard InChI is InChI=1S/C16H10ClN5O/c17-12-2-1-3-14(8-12)20-16(23)11-4-6-13(7-5-11)21-22-15(9-18)10-19/h1-8,21H,(H,20,23). The van der Waals surface area contributed by atoms with Gasteiger partial charge < -0.3 is 5.32 Å². The minimum absolute atomic E-state index is 0.281. The second-order valence-electron chi connectivity index (χ2n) is 4.34. The molecule has 2 aromatic rings. The van der Waals surface area contributed by atoms with Crippen LogP contribution in [0, 0.1) is 22.7 Å². The lowest BCUT2D eigenvalue weighted by Gasteiger charge is -2.06. The van der Waals surface area contributed by atoms with Crippen LogP contribution in [0.4, 0.5) is 11.4 Å². The largest absolute Gasteiger partial charge is 0.322 e.